The van der Waals surface area contributed by atoms with E-state index < -0.39 is 5.97 Å². The molecule has 0 radical (unpaired) electrons. The van der Waals surface area contributed by atoms with Crippen molar-refractivity contribution in [1.82, 2.24) is 0 Å². The van der Waals surface area contributed by atoms with Gasteiger partial charge < -0.3 is 10.4 Å². The average Bonchev–Trinajstić information content (AvgIpc) is 2.39. The first-order valence-corrected chi connectivity index (χ1v) is 6.62. The molecule has 0 saturated heterocycles. The number of hydrogen-bond donors (Lipinski definition) is 2. The van der Waals surface area contributed by atoms with Gasteiger partial charge in [-0.1, -0.05) is 18.2 Å². The van der Waals surface area contributed by atoms with Crippen molar-refractivity contribution in [2.75, 3.05) is 5.32 Å². The second-order valence-electron chi connectivity index (χ2n) is 5.06. The van der Waals surface area contributed by atoms with Gasteiger partial charge in [-0.25, -0.2) is 4.79 Å². The lowest BCUT2D eigenvalue weighted by atomic mass is 10.0. The summed E-state index contributed by atoms with van der Waals surface area (Å²) in [7, 11) is 0. The van der Waals surface area contributed by atoms with Gasteiger partial charge in [0.05, 0.1) is 5.56 Å². The SMILES string of the molecule is Cc1cc(C(=O)O)ccc1NCc1c(C)cccc1C. The Kier molecular flexibility index (Phi) is 4.08. The number of aryl methyl sites for hydroxylation is 3. The fourth-order valence-electron chi connectivity index (χ4n) is 2.31. The zero-order chi connectivity index (χ0) is 14.7. The van der Waals surface area contributed by atoms with Crippen LogP contribution in [0.15, 0.2) is 36.4 Å². The van der Waals surface area contributed by atoms with Crippen molar-refractivity contribution in [2.45, 2.75) is 27.3 Å². The summed E-state index contributed by atoms with van der Waals surface area (Å²) in [6, 6.07) is 11.4. The first-order chi connectivity index (χ1) is 9.49. The van der Waals surface area contributed by atoms with Gasteiger partial charge in [0.25, 0.3) is 0 Å². The van der Waals surface area contributed by atoms with Gasteiger partial charge in [-0.3, -0.25) is 0 Å². The number of nitrogens with one attached hydrogen (secondary N) is 1. The van der Waals surface area contributed by atoms with Crippen molar-refractivity contribution in [1.29, 1.82) is 0 Å². The minimum Gasteiger partial charge on any atom is -0.478 e. The van der Waals surface area contributed by atoms with Crippen LogP contribution in [0, 0.1) is 20.8 Å². The number of aromatic carboxylic acids is 1. The second-order valence-corrected chi connectivity index (χ2v) is 5.06. The van der Waals surface area contributed by atoms with Gasteiger partial charge in [0, 0.05) is 12.2 Å². The highest BCUT2D eigenvalue weighted by Gasteiger charge is 2.07. The first kappa shape index (κ1) is 14.1. The maximum Gasteiger partial charge on any atom is 0.335 e. The highest BCUT2D eigenvalue weighted by molar-refractivity contribution is 5.88. The molecule has 2 rings (SSSR count). The molecule has 2 aromatic rings. The smallest absolute Gasteiger partial charge is 0.335 e. The van der Waals surface area contributed by atoms with Crippen molar-refractivity contribution in [3.8, 4) is 0 Å². The van der Waals surface area contributed by atoms with E-state index in [0.29, 0.717) is 5.56 Å². The third-order valence-corrected chi connectivity index (χ3v) is 3.57. The molecule has 0 atom stereocenters. The van der Waals surface area contributed by atoms with Gasteiger partial charge in [-0.15, -0.1) is 0 Å². The van der Waals surface area contributed by atoms with Gasteiger partial charge in [0.15, 0.2) is 0 Å². The summed E-state index contributed by atoms with van der Waals surface area (Å²) in [4.78, 5) is 10.9. The molecule has 104 valence electrons. The molecule has 20 heavy (non-hydrogen) atoms. The second kappa shape index (κ2) is 5.78. The third kappa shape index (κ3) is 2.99. The topological polar surface area (TPSA) is 49.3 Å². The molecule has 0 aliphatic carbocycles. The van der Waals surface area contributed by atoms with E-state index in [1.54, 1.807) is 12.1 Å². The van der Waals surface area contributed by atoms with E-state index in [4.69, 9.17) is 5.11 Å². The predicted octanol–water partition coefficient (Wildman–Crippen LogP) is 3.92. The van der Waals surface area contributed by atoms with Crippen molar-refractivity contribution < 1.29 is 9.90 Å². The lowest BCUT2D eigenvalue weighted by Gasteiger charge is -2.14. The summed E-state index contributed by atoms with van der Waals surface area (Å²) in [6.45, 7) is 6.86. The van der Waals surface area contributed by atoms with E-state index in [1.807, 2.05) is 13.0 Å². The van der Waals surface area contributed by atoms with E-state index in [-0.39, 0.29) is 0 Å². The molecule has 0 amide bonds. The van der Waals surface area contributed by atoms with Crippen LogP contribution in [0.4, 0.5) is 5.69 Å². The van der Waals surface area contributed by atoms with E-state index in [0.717, 1.165) is 17.8 Å². The van der Waals surface area contributed by atoms with Crippen LogP contribution in [-0.4, -0.2) is 11.1 Å². The minimum absolute atomic E-state index is 0.320. The molecule has 2 N–H and O–H groups in total. The van der Waals surface area contributed by atoms with Crippen molar-refractivity contribution in [2.24, 2.45) is 0 Å². The molecular formula is C17H19NO2. The Hall–Kier alpha value is -2.29. The molecule has 0 heterocycles. The summed E-state index contributed by atoms with van der Waals surface area (Å²) < 4.78 is 0. The number of hydrogen-bond acceptors (Lipinski definition) is 2. The van der Waals surface area contributed by atoms with Crippen LogP contribution in [0.3, 0.4) is 0 Å². The number of carbonyl (C=O) groups is 1. The van der Waals surface area contributed by atoms with E-state index in [1.165, 1.54) is 16.7 Å². The Morgan fingerprint density at radius 1 is 1.05 bits per heavy atom. The standard InChI is InChI=1S/C17H19NO2/c1-11-5-4-6-12(2)15(11)10-18-16-8-7-14(17(19)20)9-13(16)3/h4-9,18H,10H2,1-3H3,(H,19,20). The Bertz CT molecular complexity index is 627. The number of carboxylic acids is 1. The van der Waals surface area contributed by atoms with Crippen LogP contribution >= 0.6 is 0 Å². The molecule has 0 aromatic heterocycles. The fourth-order valence-corrected chi connectivity index (χ4v) is 2.31. The molecule has 0 unspecified atom stereocenters. The molecule has 0 spiro atoms. The number of benzene rings is 2. The van der Waals surface area contributed by atoms with Crippen LogP contribution in [0.25, 0.3) is 0 Å². The molecule has 0 aliphatic heterocycles. The molecule has 0 saturated carbocycles. The normalized spacial score (nSPS) is 10.3. The van der Waals surface area contributed by atoms with Gasteiger partial charge in [0.1, 0.15) is 0 Å². The average molecular weight is 269 g/mol. The summed E-state index contributed by atoms with van der Waals surface area (Å²) >= 11 is 0. The molecule has 0 aliphatic rings. The zero-order valence-corrected chi connectivity index (χ0v) is 12.0. The predicted molar refractivity (Wildman–Crippen MR) is 81.4 cm³/mol. The molecular weight excluding hydrogens is 250 g/mol. The summed E-state index contributed by atoms with van der Waals surface area (Å²) in [5.74, 6) is -0.894. The molecule has 0 fully saturated rings. The zero-order valence-electron chi connectivity index (χ0n) is 12.0. The first-order valence-electron chi connectivity index (χ1n) is 6.62. The minimum atomic E-state index is -0.894. The number of anilines is 1. The lowest BCUT2D eigenvalue weighted by Crippen LogP contribution is -2.05. The highest BCUT2D eigenvalue weighted by Crippen LogP contribution is 2.20. The van der Waals surface area contributed by atoms with Crippen LogP contribution in [-0.2, 0) is 6.54 Å². The quantitative estimate of drug-likeness (QED) is 0.884. The van der Waals surface area contributed by atoms with Gasteiger partial charge in [-0.05, 0) is 61.2 Å². The molecule has 2 aromatic carbocycles. The summed E-state index contributed by atoms with van der Waals surface area (Å²) in [5, 5.41) is 12.3. The Morgan fingerprint density at radius 2 is 1.70 bits per heavy atom. The highest BCUT2D eigenvalue weighted by atomic mass is 16.4. The van der Waals surface area contributed by atoms with E-state index in [2.05, 4.69) is 37.4 Å². The lowest BCUT2D eigenvalue weighted by molar-refractivity contribution is 0.0697. The third-order valence-electron chi connectivity index (χ3n) is 3.57. The monoisotopic (exact) mass is 269 g/mol. The fraction of sp³-hybridized carbons (Fsp3) is 0.235. The molecule has 3 nitrogen and oxygen atoms in total. The van der Waals surface area contributed by atoms with Gasteiger partial charge in [0.2, 0.25) is 0 Å². The van der Waals surface area contributed by atoms with E-state index >= 15 is 0 Å². The molecule has 3 heteroatoms. The van der Waals surface area contributed by atoms with Crippen molar-refractivity contribution >= 4 is 11.7 Å². The van der Waals surface area contributed by atoms with Crippen LogP contribution in [0.1, 0.15) is 32.6 Å². The maximum atomic E-state index is 10.9. The Balaban J connectivity index is 2.17. The van der Waals surface area contributed by atoms with Crippen LogP contribution in [0.5, 0.6) is 0 Å². The summed E-state index contributed by atoms with van der Waals surface area (Å²) in [5.41, 5.74) is 6.04. The molecule has 0 bridgehead atoms. The van der Waals surface area contributed by atoms with Gasteiger partial charge in [-0.2, -0.15) is 0 Å². The summed E-state index contributed by atoms with van der Waals surface area (Å²) in [6.07, 6.45) is 0. The van der Waals surface area contributed by atoms with Crippen molar-refractivity contribution in [3.63, 3.8) is 0 Å². The largest absolute Gasteiger partial charge is 0.478 e. The number of rotatable bonds is 4. The van der Waals surface area contributed by atoms with Crippen LogP contribution in [0.2, 0.25) is 0 Å². The van der Waals surface area contributed by atoms with Gasteiger partial charge >= 0.3 is 5.97 Å². The van der Waals surface area contributed by atoms with Crippen molar-refractivity contribution in [3.05, 3.63) is 64.2 Å². The Labute approximate surface area is 119 Å². The maximum absolute atomic E-state index is 10.9. The van der Waals surface area contributed by atoms with E-state index in [9.17, 15) is 4.79 Å². The number of carboxylic acid groups (broad SMARTS) is 1. The van der Waals surface area contributed by atoms with Crippen LogP contribution < -0.4 is 5.32 Å². The Morgan fingerprint density at radius 3 is 2.25 bits per heavy atom.